The van der Waals surface area contributed by atoms with E-state index in [-0.39, 0.29) is 30.0 Å². The molecule has 2 aromatic carbocycles. The van der Waals surface area contributed by atoms with Gasteiger partial charge in [0.15, 0.2) is 5.96 Å². The van der Waals surface area contributed by atoms with Crippen LogP contribution < -0.4 is 15.4 Å². The second-order valence-corrected chi connectivity index (χ2v) is 7.50. The molecule has 0 aromatic heterocycles. The van der Waals surface area contributed by atoms with E-state index in [0.717, 1.165) is 50.1 Å². The number of nitrogens with one attached hydrogen (secondary N) is 2. The summed E-state index contributed by atoms with van der Waals surface area (Å²) in [6.45, 7) is 5.41. The molecule has 1 heterocycles. The maximum Gasteiger partial charge on any atom is 0.191 e. The topological polar surface area (TPSA) is 67.4 Å². The smallest absolute Gasteiger partial charge is 0.191 e. The zero-order chi connectivity index (χ0) is 21.9. The lowest BCUT2D eigenvalue weighted by molar-refractivity contribution is 0.0170. The summed E-state index contributed by atoms with van der Waals surface area (Å²) in [5.41, 5.74) is 3.60. The molecular weight excluding hydrogens is 519 g/mol. The summed E-state index contributed by atoms with van der Waals surface area (Å²) in [5, 5.41) is 6.92. The van der Waals surface area contributed by atoms with Crippen molar-refractivity contribution < 1.29 is 14.2 Å². The monoisotopic (exact) mass is 554 g/mol. The van der Waals surface area contributed by atoms with Crippen LogP contribution in [0.25, 0.3) is 0 Å². The summed E-state index contributed by atoms with van der Waals surface area (Å²) in [6.07, 6.45) is 0. The molecule has 0 spiro atoms. The van der Waals surface area contributed by atoms with Crippen molar-refractivity contribution in [2.24, 2.45) is 4.99 Å². The second kappa shape index (κ2) is 14.3. The minimum atomic E-state index is 0. The van der Waals surface area contributed by atoms with Crippen LogP contribution in [0.5, 0.6) is 5.75 Å². The normalized spacial score (nSPS) is 15.5. The second-order valence-electron chi connectivity index (χ2n) is 7.50. The maximum atomic E-state index is 5.56. The molecule has 1 aliphatic heterocycles. The average Bonchev–Trinajstić information content (AvgIpc) is 2.82. The summed E-state index contributed by atoms with van der Waals surface area (Å²) >= 11 is 0. The molecule has 2 N–H and O–H groups in total. The first-order valence-corrected chi connectivity index (χ1v) is 10.7. The van der Waals surface area contributed by atoms with Gasteiger partial charge in [0.05, 0.1) is 33.0 Å². The Morgan fingerprint density at radius 3 is 2.44 bits per heavy atom. The lowest BCUT2D eigenvalue weighted by Crippen LogP contribution is -2.46. The Morgan fingerprint density at radius 2 is 1.78 bits per heavy atom. The van der Waals surface area contributed by atoms with Crippen LogP contribution in [0, 0.1) is 0 Å². The molecular formula is C24H35IN4O3. The Labute approximate surface area is 208 Å². The quantitative estimate of drug-likeness (QED) is 0.282. The molecule has 1 fully saturated rings. The van der Waals surface area contributed by atoms with Gasteiger partial charge in [0, 0.05) is 40.3 Å². The standard InChI is InChI=1S/C24H34N4O3.HI/c1-25-24(26-16-19-5-4-6-20(15-19)18-29-2)27-17-23(28-11-13-31-14-12-28)21-7-9-22(30-3)10-8-21;/h4-10,15,23H,11-14,16-18H2,1-3H3,(H2,25,26,27);1H. The molecule has 1 atom stereocenters. The van der Waals surface area contributed by atoms with E-state index in [2.05, 4.69) is 56.9 Å². The number of halogens is 1. The number of morpholine rings is 1. The predicted molar refractivity (Wildman–Crippen MR) is 139 cm³/mol. The number of methoxy groups -OCH3 is 2. The van der Waals surface area contributed by atoms with Crippen LogP contribution in [0.1, 0.15) is 22.7 Å². The van der Waals surface area contributed by atoms with Crippen molar-refractivity contribution in [3.8, 4) is 5.75 Å². The predicted octanol–water partition coefficient (Wildman–Crippen LogP) is 3.20. The first-order chi connectivity index (χ1) is 15.2. The Balaban J connectivity index is 0.00000363. The van der Waals surface area contributed by atoms with Crippen LogP contribution in [-0.2, 0) is 22.6 Å². The molecule has 1 saturated heterocycles. The van der Waals surface area contributed by atoms with Crippen LogP contribution in [0.15, 0.2) is 53.5 Å². The molecule has 0 radical (unpaired) electrons. The van der Waals surface area contributed by atoms with Gasteiger partial charge in [-0.2, -0.15) is 0 Å². The fourth-order valence-corrected chi connectivity index (χ4v) is 3.77. The van der Waals surface area contributed by atoms with Crippen molar-refractivity contribution in [1.29, 1.82) is 0 Å². The van der Waals surface area contributed by atoms with E-state index in [1.54, 1.807) is 21.3 Å². The molecule has 8 heteroatoms. The Bertz CT molecular complexity index is 826. The molecule has 0 amide bonds. The summed E-state index contributed by atoms with van der Waals surface area (Å²) < 4.78 is 16.1. The van der Waals surface area contributed by atoms with Gasteiger partial charge in [-0.1, -0.05) is 36.4 Å². The lowest BCUT2D eigenvalue weighted by atomic mass is 10.0. The van der Waals surface area contributed by atoms with Gasteiger partial charge in [0.2, 0.25) is 0 Å². The SMILES string of the molecule is CN=C(NCc1cccc(COC)c1)NCC(c1ccc(OC)cc1)N1CCOCC1.I. The van der Waals surface area contributed by atoms with E-state index in [1.165, 1.54) is 11.1 Å². The third-order valence-corrected chi connectivity index (χ3v) is 5.44. The van der Waals surface area contributed by atoms with Crippen molar-refractivity contribution in [2.75, 3.05) is 54.1 Å². The summed E-state index contributed by atoms with van der Waals surface area (Å²) in [5.74, 6) is 1.65. The summed E-state index contributed by atoms with van der Waals surface area (Å²) in [4.78, 5) is 6.86. The summed E-state index contributed by atoms with van der Waals surface area (Å²) in [6, 6.07) is 16.9. The highest BCUT2D eigenvalue weighted by atomic mass is 127. The molecule has 0 aliphatic carbocycles. The molecule has 0 saturated carbocycles. The van der Waals surface area contributed by atoms with Crippen molar-refractivity contribution in [2.45, 2.75) is 19.2 Å². The number of aliphatic imine (C=N–C) groups is 1. The molecule has 32 heavy (non-hydrogen) atoms. The van der Waals surface area contributed by atoms with Crippen LogP contribution >= 0.6 is 24.0 Å². The molecule has 2 aromatic rings. The number of rotatable bonds is 9. The highest BCUT2D eigenvalue weighted by Gasteiger charge is 2.23. The third-order valence-electron chi connectivity index (χ3n) is 5.44. The number of guanidine groups is 1. The van der Waals surface area contributed by atoms with Gasteiger partial charge in [-0.15, -0.1) is 24.0 Å². The highest BCUT2D eigenvalue weighted by molar-refractivity contribution is 14.0. The molecule has 3 rings (SSSR count). The average molecular weight is 554 g/mol. The fourth-order valence-electron chi connectivity index (χ4n) is 3.77. The first kappa shape index (κ1) is 26.4. The van der Waals surface area contributed by atoms with Crippen LogP contribution in [-0.4, -0.2) is 65.0 Å². The highest BCUT2D eigenvalue weighted by Crippen LogP contribution is 2.23. The Hall–Kier alpha value is -1.88. The Kier molecular flexibility index (Phi) is 11.8. The van der Waals surface area contributed by atoms with E-state index >= 15 is 0 Å². The van der Waals surface area contributed by atoms with Crippen LogP contribution in [0.4, 0.5) is 0 Å². The maximum absolute atomic E-state index is 5.56. The number of ether oxygens (including phenoxy) is 3. The van der Waals surface area contributed by atoms with E-state index in [4.69, 9.17) is 14.2 Å². The molecule has 1 aliphatic rings. The van der Waals surface area contributed by atoms with Gasteiger partial charge in [0.25, 0.3) is 0 Å². The first-order valence-electron chi connectivity index (χ1n) is 10.7. The largest absolute Gasteiger partial charge is 0.497 e. The van der Waals surface area contributed by atoms with Crippen LogP contribution in [0.2, 0.25) is 0 Å². The van der Waals surface area contributed by atoms with Gasteiger partial charge in [-0.3, -0.25) is 9.89 Å². The van der Waals surface area contributed by atoms with Gasteiger partial charge in [0.1, 0.15) is 5.75 Å². The number of benzene rings is 2. The number of hydrogen-bond acceptors (Lipinski definition) is 5. The fraction of sp³-hybridized carbons (Fsp3) is 0.458. The van der Waals surface area contributed by atoms with Gasteiger partial charge < -0.3 is 24.8 Å². The van der Waals surface area contributed by atoms with Crippen molar-refractivity contribution in [3.63, 3.8) is 0 Å². The molecule has 1 unspecified atom stereocenters. The number of hydrogen-bond donors (Lipinski definition) is 2. The van der Waals surface area contributed by atoms with E-state index in [0.29, 0.717) is 13.2 Å². The lowest BCUT2D eigenvalue weighted by Gasteiger charge is -2.35. The van der Waals surface area contributed by atoms with Crippen LogP contribution in [0.3, 0.4) is 0 Å². The van der Waals surface area contributed by atoms with E-state index in [1.807, 2.05) is 12.1 Å². The van der Waals surface area contributed by atoms with Crippen molar-refractivity contribution in [3.05, 3.63) is 65.2 Å². The van der Waals surface area contributed by atoms with Gasteiger partial charge in [-0.25, -0.2) is 0 Å². The zero-order valence-corrected chi connectivity index (χ0v) is 21.5. The minimum Gasteiger partial charge on any atom is -0.497 e. The van der Waals surface area contributed by atoms with Gasteiger partial charge >= 0.3 is 0 Å². The van der Waals surface area contributed by atoms with Crippen molar-refractivity contribution in [1.82, 2.24) is 15.5 Å². The van der Waals surface area contributed by atoms with Crippen molar-refractivity contribution >= 4 is 29.9 Å². The van der Waals surface area contributed by atoms with E-state index in [9.17, 15) is 0 Å². The zero-order valence-electron chi connectivity index (χ0n) is 19.2. The molecule has 0 bridgehead atoms. The Morgan fingerprint density at radius 1 is 1.06 bits per heavy atom. The number of nitrogens with zero attached hydrogens (tertiary/aromatic N) is 2. The third kappa shape index (κ3) is 7.91. The van der Waals surface area contributed by atoms with E-state index < -0.39 is 0 Å². The molecule has 176 valence electrons. The summed E-state index contributed by atoms with van der Waals surface area (Å²) in [7, 11) is 5.20. The minimum absolute atomic E-state index is 0. The molecule has 7 nitrogen and oxygen atoms in total. The van der Waals surface area contributed by atoms with Gasteiger partial charge in [-0.05, 0) is 28.8 Å².